The Hall–Kier alpha value is -1.02. The van der Waals surface area contributed by atoms with Gasteiger partial charge in [0.05, 0.1) is 0 Å². The highest BCUT2D eigenvalue weighted by Crippen LogP contribution is 2.43. The topological polar surface area (TPSA) is 15.3 Å². The molecule has 0 unspecified atom stereocenters. The van der Waals surface area contributed by atoms with Crippen molar-refractivity contribution >= 4 is 5.69 Å². The van der Waals surface area contributed by atoms with Gasteiger partial charge in [0, 0.05) is 17.6 Å². The van der Waals surface area contributed by atoms with Gasteiger partial charge in [0.1, 0.15) is 0 Å². The molecule has 1 aromatic carbocycles. The summed E-state index contributed by atoms with van der Waals surface area (Å²) >= 11 is 0. The van der Waals surface area contributed by atoms with Crippen molar-refractivity contribution in [3.63, 3.8) is 0 Å². The van der Waals surface area contributed by atoms with Crippen LogP contribution >= 0.6 is 0 Å². The Morgan fingerprint density at radius 2 is 1.27 bits per heavy atom. The Morgan fingerprint density at radius 3 is 1.87 bits per heavy atom. The molecule has 170 valence electrons. The van der Waals surface area contributed by atoms with Crippen molar-refractivity contribution in [3.8, 4) is 0 Å². The summed E-state index contributed by atoms with van der Waals surface area (Å²) < 4.78 is 0. The van der Waals surface area contributed by atoms with Crippen LogP contribution in [0.5, 0.6) is 0 Å². The second-order valence-corrected chi connectivity index (χ2v) is 10.1. The molecule has 0 amide bonds. The van der Waals surface area contributed by atoms with Crippen LogP contribution in [-0.4, -0.2) is 31.1 Å². The van der Waals surface area contributed by atoms with Crippen molar-refractivity contribution < 1.29 is 0 Å². The molecule has 0 atom stereocenters. The van der Waals surface area contributed by atoms with E-state index in [1.54, 1.807) is 5.56 Å². The molecule has 2 aliphatic rings. The summed E-state index contributed by atoms with van der Waals surface area (Å²) in [6.07, 6.45) is 23.0. The van der Waals surface area contributed by atoms with E-state index in [-0.39, 0.29) is 0 Å². The summed E-state index contributed by atoms with van der Waals surface area (Å²) in [6.45, 7) is 7.35. The van der Waals surface area contributed by atoms with Crippen molar-refractivity contribution in [2.75, 3.05) is 31.5 Å². The number of benzene rings is 1. The van der Waals surface area contributed by atoms with E-state index in [2.05, 4.69) is 41.4 Å². The third kappa shape index (κ3) is 7.29. The van der Waals surface area contributed by atoms with Crippen molar-refractivity contribution in [1.82, 2.24) is 4.90 Å². The van der Waals surface area contributed by atoms with Gasteiger partial charge in [0.15, 0.2) is 0 Å². The second-order valence-electron chi connectivity index (χ2n) is 10.1. The summed E-state index contributed by atoms with van der Waals surface area (Å²) in [5.41, 5.74) is 3.39. The Balaban J connectivity index is 1.13. The van der Waals surface area contributed by atoms with Crippen LogP contribution in [0.2, 0.25) is 0 Å². The van der Waals surface area contributed by atoms with Crippen LogP contribution in [0.4, 0.5) is 5.69 Å². The molecule has 1 N–H and O–H groups in total. The molecule has 2 heterocycles. The lowest BCUT2D eigenvalue weighted by Gasteiger charge is -2.39. The lowest BCUT2D eigenvalue weighted by Crippen LogP contribution is -2.44. The van der Waals surface area contributed by atoms with Gasteiger partial charge in [-0.2, -0.15) is 0 Å². The van der Waals surface area contributed by atoms with Crippen LogP contribution in [0.15, 0.2) is 24.3 Å². The summed E-state index contributed by atoms with van der Waals surface area (Å²) in [6, 6.07) is 8.99. The number of rotatable bonds is 15. The molecule has 0 saturated carbocycles. The van der Waals surface area contributed by atoms with E-state index in [1.807, 2.05) is 0 Å². The lowest BCUT2D eigenvalue weighted by atomic mass is 9.74. The van der Waals surface area contributed by atoms with E-state index in [9.17, 15) is 0 Å². The fourth-order valence-electron chi connectivity index (χ4n) is 5.64. The molecule has 2 nitrogen and oxygen atoms in total. The van der Waals surface area contributed by atoms with Gasteiger partial charge in [-0.3, -0.25) is 0 Å². The van der Waals surface area contributed by atoms with Gasteiger partial charge in [-0.15, -0.1) is 0 Å². The summed E-state index contributed by atoms with van der Waals surface area (Å²) in [7, 11) is 0. The quantitative estimate of drug-likeness (QED) is 0.294. The van der Waals surface area contributed by atoms with E-state index in [0.717, 1.165) is 6.54 Å². The van der Waals surface area contributed by atoms with Gasteiger partial charge in [-0.1, -0.05) is 109 Å². The molecule has 0 aromatic heterocycles. The zero-order valence-corrected chi connectivity index (χ0v) is 19.9. The number of likely N-dealkylation sites (tertiary alicyclic amines) is 1. The molecule has 1 saturated heterocycles. The van der Waals surface area contributed by atoms with Gasteiger partial charge in [-0.05, 0) is 50.5 Å². The van der Waals surface area contributed by atoms with Crippen LogP contribution in [0.3, 0.4) is 0 Å². The van der Waals surface area contributed by atoms with Crippen LogP contribution in [-0.2, 0) is 5.41 Å². The maximum Gasteiger partial charge on any atom is 0.0379 e. The van der Waals surface area contributed by atoms with Gasteiger partial charge in [0.2, 0.25) is 0 Å². The number of hydrogen-bond acceptors (Lipinski definition) is 2. The van der Waals surface area contributed by atoms with E-state index in [0.29, 0.717) is 5.41 Å². The lowest BCUT2D eigenvalue weighted by molar-refractivity contribution is 0.166. The molecular weight excluding hydrogens is 364 g/mol. The maximum absolute atomic E-state index is 3.65. The van der Waals surface area contributed by atoms with Crippen LogP contribution in [0.25, 0.3) is 0 Å². The standard InChI is InChI=1S/C28H48N2/c1-2-3-4-5-6-7-8-9-10-11-12-13-14-17-22-30-23-20-28(21-24-30)25-29-27-19-16-15-18-26(27)28/h15-16,18-19,29H,2-14,17,20-25H2,1H3. The number of anilines is 1. The zero-order valence-electron chi connectivity index (χ0n) is 19.9. The Labute approximate surface area is 187 Å². The van der Waals surface area contributed by atoms with Crippen LogP contribution < -0.4 is 5.32 Å². The largest absolute Gasteiger partial charge is 0.384 e. The van der Waals surface area contributed by atoms with Gasteiger partial charge < -0.3 is 10.2 Å². The first-order chi connectivity index (χ1) is 14.8. The molecule has 2 heteroatoms. The Morgan fingerprint density at radius 1 is 0.733 bits per heavy atom. The highest BCUT2D eigenvalue weighted by molar-refractivity contribution is 5.60. The van der Waals surface area contributed by atoms with Gasteiger partial charge >= 0.3 is 0 Å². The molecular formula is C28H48N2. The second kappa shape index (κ2) is 13.4. The van der Waals surface area contributed by atoms with Crippen LogP contribution in [0, 0.1) is 0 Å². The molecule has 0 bridgehead atoms. The smallest absolute Gasteiger partial charge is 0.0379 e. The Kier molecular flexibility index (Phi) is 10.6. The molecule has 3 rings (SSSR count). The van der Waals surface area contributed by atoms with Crippen LogP contribution in [0.1, 0.15) is 115 Å². The van der Waals surface area contributed by atoms with E-state index in [4.69, 9.17) is 0 Å². The zero-order chi connectivity index (χ0) is 20.9. The first-order valence-electron chi connectivity index (χ1n) is 13.4. The predicted molar refractivity (Wildman–Crippen MR) is 133 cm³/mol. The summed E-state index contributed by atoms with van der Waals surface area (Å²) in [4.78, 5) is 2.73. The predicted octanol–water partition coefficient (Wildman–Crippen LogP) is 7.93. The minimum absolute atomic E-state index is 0.419. The van der Waals surface area contributed by atoms with Crippen molar-refractivity contribution in [2.45, 2.75) is 115 Å². The van der Waals surface area contributed by atoms with Crippen molar-refractivity contribution in [2.24, 2.45) is 0 Å². The van der Waals surface area contributed by atoms with E-state index >= 15 is 0 Å². The number of nitrogens with zero attached hydrogens (tertiary/aromatic N) is 1. The number of para-hydroxylation sites is 1. The first kappa shape index (κ1) is 23.6. The SMILES string of the molecule is CCCCCCCCCCCCCCCCN1CCC2(CC1)CNc1ccccc12. The minimum atomic E-state index is 0.419. The summed E-state index contributed by atoms with van der Waals surface area (Å²) in [5, 5.41) is 3.65. The summed E-state index contributed by atoms with van der Waals surface area (Å²) in [5.74, 6) is 0. The third-order valence-corrected chi connectivity index (χ3v) is 7.76. The highest BCUT2D eigenvalue weighted by atomic mass is 15.1. The minimum Gasteiger partial charge on any atom is -0.384 e. The number of unbranched alkanes of at least 4 members (excludes halogenated alkanes) is 13. The molecule has 2 aliphatic heterocycles. The number of piperidine rings is 1. The fraction of sp³-hybridized carbons (Fsp3) is 0.786. The van der Waals surface area contributed by atoms with E-state index in [1.165, 1.54) is 128 Å². The van der Waals surface area contributed by atoms with Gasteiger partial charge in [-0.25, -0.2) is 0 Å². The Bertz CT molecular complexity index is 574. The molecule has 0 aliphatic carbocycles. The normalized spacial score (nSPS) is 17.9. The number of nitrogens with one attached hydrogen (secondary N) is 1. The number of hydrogen-bond donors (Lipinski definition) is 1. The number of fused-ring (bicyclic) bond motifs is 2. The monoisotopic (exact) mass is 412 g/mol. The average Bonchev–Trinajstić information content (AvgIpc) is 3.14. The average molecular weight is 413 g/mol. The molecule has 0 radical (unpaired) electrons. The molecule has 1 aromatic rings. The maximum atomic E-state index is 3.65. The first-order valence-corrected chi connectivity index (χ1v) is 13.4. The molecule has 1 spiro atoms. The third-order valence-electron chi connectivity index (χ3n) is 7.76. The fourth-order valence-corrected chi connectivity index (χ4v) is 5.64. The van der Waals surface area contributed by atoms with Crippen molar-refractivity contribution in [3.05, 3.63) is 29.8 Å². The van der Waals surface area contributed by atoms with Crippen molar-refractivity contribution in [1.29, 1.82) is 0 Å². The molecule has 1 fully saturated rings. The highest BCUT2D eigenvalue weighted by Gasteiger charge is 2.40. The molecule has 30 heavy (non-hydrogen) atoms. The van der Waals surface area contributed by atoms with E-state index < -0.39 is 0 Å². The van der Waals surface area contributed by atoms with Gasteiger partial charge in [0.25, 0.3) is 0 Å².